The van der Waals surface area contributed by atoms with E-state index in [4.69, 9.17) is 5.11 Å². The smallest absolute Gasteiger partial charge is 0.219 e. The SMILES string of the molecule is CC(C)CN[C@H]([C]=O)CO. The first kappa shape index (κ1) is 9.59. The third-order valence-electron chi connectivity index (χ3n) is 1.10. The van der Waals surface area contributed by atoms with E-state index in [2.05, 4.69) is 5.32 Å². The first-order valence-corrected chi connectivity index (χ1v) is 3.42. The molecule has 0 aromatic carbocycles. The first-order chi connectivity index (χ1) is 4.70. The van der Waals surface area contributed by atoms with Crippen molar-refractivity contribution in [2.24, 2.45) is 5.92 Å². The second-order valence-corrected chi connectivity index (χ2v) is 2.66. The second kappa shape index (κ2) is 5.38. The maximum Gasteiger partial charge on any atom is 0.219 e. The minimum atomic E-state index is -0.512. The molecule has 0 saturated heterocycles. The Bertz CT molecular complexity index is 93.6. The van der Waals surface area contributed by atoms with E-state index in [-0.39, 0.29) is 6.61 Å². The number of carbonyl (C=O) groups excluding carboxylic acids is 1. The molecule has 1 radical (unpaired) electrons. The summed E-state index contributed by atoms with van der Waals surface area (Å²) in [7, 11) is 0. The Morgan fingerprint density at radius 3 is 2.50 bits per heavy atom. The van der Waals surface area contributed by atoms with Crippen LogP contribution in [0, 0.1) is 5.92 Å². The Balaban J connectivity index is 3.34. The molecule has 0 rings (SSSR count). The zero-order chi connectivity index (χ0) is 7.98. The third kappa shape index (κ3) is 4.47. The molecular formula is C7H14NO2. The maximum absolute atomic E-state index is 10.0. The van der Waals surface area contributed by atoms with E-state index in [1.54, 1.807) is 6.29 Å². The minimum Gasteiger partial charge on any atom is -0.394 e. The molecule has 0 aliphatic carbocycles. The molecule has 0 spiro atoms. The van der Waals surface area contributed by atoms with Crippen molar-refractivity contribution < 1.29 is 9.90 Å². The van der Waals surface area contributed by atoms with Gasteiger partial charge in [0.25, 0.3) is 0 Å². The van der Waals surface area contributed by atoms with Gasteiger partial charge < -0.3 is 10.4 Å². The number of aliphatic hydroxyl groups excluding tert-OH is 1. The van der Waals surface area contributed by atoms with Crippen LogP contribution in [0.15, 0.2) is 0 Å². The molecule has 3 heteroatoms. The fourth-order valence-corrected chi connectivity index (χ4v) is 0.521. The molecule has 0 amide bonds. The fraction of sp³-hybridized carbons (Fsp3) is 0.857. The molecule has 1 atom stereocenters. The monoisotopic (exact) mass is 144 g/mol. The zero-order valence-electron chi connectivity index (χ0n) is 6.42. The number of hydrogen-bond acceptors (Lipinski definition) is 3. The van der Waals surface area contributed by atoms with Crippen LogP contribution in [0.1, 0.15) is 13.8 Å². The predicted octanol–water partition coefficient (Wildman–Crippen LogP) is -0.297. The van der Waals surface area contributed by atoms with E-state index in [0.717, 1.165) is 6.54 Å². The van der Waals surface area contributed by atoms with E-state index < -0.39 is 6.04 Å². The highest BCUT2D eigenvalue weighted by molar-refractivity contribution is 5.58. The summed E-state index contributed by atoms with van der Waals surface area (Å²) in [4.78, 5) is 10.0. The van der Waals surface area contributed by atoms with Crippen LogP contribution in [0.5, 0.6) is 0 Å². The van der Waals surface area contributed by atoms with Crippen molar-refractivity contribution in [3.63, 3.8) is 0 Å². The van der Waals surface area contributed by atoms with Crippen molar-refractivity contribution in [1.29, 1.82) is 0 Å². The number of nitrogens with one attached hydrogen (secondary N) is 1. The second-order valence-electron chi connectivity index (χ2n) is 2.66. The van der Waals surface area contributed by atoms with Gasteiger partial charge in [-0.2, -0.15) is 0 Å². The Hall–Kier alpha value is -0.410. The molecule has 0 aliphatic rings. The maximum atomic E-state index is 10.0. The topological polar surface area (TPSA) is 49.3 Å². The molecule has 0 heterocycles. The average Bonchev–Trinajstić information content (AvgIpc) is 1.90. The van der Waals surface area contributed by atoms with Gasteiger partial charge in [0.2, 0.25) is 6.29 Å². The predicted molar refractivity (Wildman–Crippen MR) is 39.4 cm³/mol. The average molecular weight is 144 g/mol. The van der Waals surface area contributed by atoms with Crippen molar-refractivity contribution in [2.75, 3.05) is 13.2 Å². The van der Waals surface area contributed by atoms with Crippen LogP contribution in [0.3, 0.4) is 0 Å². The summed E-state index contributed by atoms with van der Waals surface area (Å²) < 4.78 is 0. The van der Waals surface area contributed by atoms with Gasteiger partial charge in [-0.15, -0.1) is 0 Å². The third-order valence-corrected chi connectivity index (χ3v) is 1.10. The number of aliphatic hydroxyl groups is 1. The summed E-state index contributed by atoms with van der Waals surface area (Å²) in [6.07, 6.45) is 1.70. The Morgan fingerprint density at radius 1 is 1.60 bits per heavy atom. The van der Waals surface area contributed by atoms with Crippen LogP contribution in [-0.4, -0.2) is 30.6 Å². The van der Waals surface area contributed by atoms with E-state index in [1.165, 1.54) is 0 Å². The number of hydrogen-bond donors (Lipinski definition) is 2. The van der Waals surface area contributed by atoms with Crippen molar-refractivity contribution >= 4 is 6.29 Å². The van der Waals surface area contributed by atoms with E-state index in [0.29, 0.717) is 5.92 Å². The molecule has 0 aromatic heterocycles. The summed E-state index contributed by atoms with van der Waals surface area (Å²) in [6.45, 7) is 4.63. The van der Waals surface area contributed by atoms with Gasteiger partial charge in [0.05, 0.1) is 12.6 Å². The van der Waals surface area contributed by atoms with E-state index in [9.17, 15) is 4.79 Å². The van der Waals surface area contributed by atoms with E-state index >= 15 is 0 Å². The molecule has 3 nitrogen and oxygen atoms in total. The molecule has 0 fully saturated rings. The summed E-state index contributed by atoms with van der Waals surface area (Å²) in [6, 6.07) is -0.512. The van der Waals surface area contributed by atoms with Crippen molar-refractivity contribution in [2.45, 2.75) is 19.9 Å². The van der Waals surface area contributed by atoms with Gasteiger partial charge in [0, 0.05) is 0 Å². The van der Waals surface area contributed by atoms with Crippen LogP contribution >= 0.6 is 0 Å². The molecule has 0 bridgehead atoms. The highest BCUT2D eigenvalue weighted by atomic mass is 16.3. The summed E-state index contributed by atoms with van der Waals surface area (Å²) in [5.74, 6) is 0.488. The van der Waals surface area contributed by atoms with Gasteiger partial charge in [-0.3, -0.25) is 4.79 Å². The minimum absolute atomic E-state index is 0.170. The standard InChI is InChI=1S/C7H14NO2/c1-6(2)3-8-7(4-9)5-10/h6-9H,3-4H2,1-2H3/t7-/m0/s1. The number of rotatable bonds is 5. The highest BCUT2D eigenvalue weighted by Crippen LogP contribution is 1.87. The molecule has 0 aliphatic heterocycles. The van der Waals surface area contributed by atoms with Gasteiger partial charge in [-0.05, 0) is 12.5 Å². The largest absolute Gasteiger partial charge is 0.394 e. The molecule has 10 heavy (non-hydrogen) atoms. The van der Waals surface area contributed by atoms with Crippen LogP contribution in [-0.2, 0) is 4.79 Å². The molecule has 0 saturated carbocycles. The summed E-state index contributed by atoms with van der Waals surface area (Å²) >= 11 is 0. The van der Waals surface area contributed by atoms with Gasteiger partial charge in [-0.1, -0.05) is 13.8 Å². The summed E-state index contributed by atoms with van der Waals surface area (Å²) in [5.41, 5.74) is 0. The molecule has 0 aromatic rings. The van der Waals surface area contributed by atoms with E-state index in [1.807, 2.05) is 13.8 Å². The molecule has 0 unspecified atom stereocenters. The Morgan fingerprint density at radius 2 is 2.20 bits per heavy atom. The summed E-state index contributed by atoms with van der Waals surface area (Å²) in [5, 5.41) is 11.4. The lowest BCUT2D eigenvalue weighted by molar-refractivity contribution is 0.265. The van der Waals surface area contributed by atoms with Gasteiger partial charge in [0.15, 0.2) is 0 Å². The van der Waals surface area contributed by atoms with Crippen LogP contribution < -0.4 is 5.32 Å². The zero-order valence-corrected chi connectivity index (χ0v) is 6.42. The van der Waals surface area contributed by atoms with Crippen molar-refractivity contribution in [3.05, 3.63) is 0 Å². The lowest BCUT2D eigenvalue weighted by atomic mass is 10.2. The van der Waals surface area contributed by atoms with Gasteiger partial charge in [0.1, 0.15) is 0 Å². The Labute approximate surface area is 61.4 Å². The lowest BCUT2D eigenvalue weighted by Crippen LogP contribution is -2.36. The fourth-order valence-electron chi connectivity index (χ4n) is 0.521. The quantitative estimate of drug-likeness (QED) is 0.557. The molecule has 59 valence electrons. The van der Waals surface area contributed by atoms with Crippen LogP contribution in [0.25, 0.3) is 0 Å². The van der Waals surface area contributed by atoms with Crippen molar-refractivity contribution in [3.8, 4) is 0 Å². The van der Waals surface area contributed by atoms with Gasteiger partial charge in [-0.25, -0.2) is 0 Å². The van der Waals surface area contributed by atoms with Gasteiger partial charge >= 0.3 is 0 Å². The van der Waals surface area contributed by atoms with Crippen LogP contribution in [0.4, 0.5) is 0 Å². The normalized spacial score (nSPS) is 13.6. The lowest BCUT2D eigenvalue weighted by Gasteiger charge is -2.10. The highest BCUT2D eigenvalue weighted by Gasteiger charge is 2.04. The first-order valence-electron chi connectivity index (χ1n) is 3.42. The molecular weight excluding hydrogens is 130 g/mol. The Kier molecular flexibility index (Phi) is 5.16. The molecule has 2 N–H and O–H groups in total. The van der Waals surface area contributed by atoms with Crippen molar-refractivity contribution in [1.82, 2.24) is 5.32 Å². The van der Waals surface area contributed by atoms with Crippen LogP contribution in [0.2, 0.25) is 0 Å².